The third-order valence-corrected chi connectivity index (χ3v) is 5.22. The lowest BCUT2D eigenvalue weighted by Gasteiger charge is -2.51. The Labute approximate surface area is 119 Å². The molecule has 4 heteroatoms. The van der Waals surface area contributed by atoms with Gasteiger partial charge in [0.2, 0.25) is 0 Å². The van der Waals surface area contributed by atoms with Gasteiger partial charge >= 0.3 is 0 Å². The summed E-state index contributed by atoms with van der Waals surface area (Å²) in [6.45, 7) is 4.29. The zero-order valence-corrected chi connectivity index (χ0v) is 11.8. The molecule has 0 radical (unpaired) electrons. The van der Waals surface area contributed by atoms with Gasteiger partial charge in [0.05, 0.1) is 5.56 Å². The highest BCUT2D eigenvalue weighted by atomic mass is 16.2. The summed E-state index contributed by atoms with van der Waals surface area (Å²) in [4.78, 5) is 21.2. The molecule has 2 aliphatic heterocycles. The number of likely N-dealkylation sites (tertiary alicyclic amines) is 2. The van der Waals surface area contributed by atoms with Gasteiger partial charge in [-0.25, -0.2) is 0 Å². The molecule has 0 aromatic carbocycles. The van der Waals surface area contributed by atoms with Gasteiger partial charge in [-0.2, -0.15) is 0 Å². The molecule has 4 rings (SSSR count). The number of pyridine rings is 1. The monoisotopic (exact) mass is 271 g/mol. The number of nitrogens with zero attached hydrogens (tertiary/aromatic N) is 3. The molecular formula is C16H21N3O. The van der Waals surface area contributed by atoms with Gasteiger partial charge in [0.15, 0.2) is 0 Å². The van der Waals surface area contributed by atoms with E-state index in [0.717, 1.165) is 31.0 Å². The first-order chi connectivity index (χ1) is 9.77. The Hall–Kier alpha value is -1.42. The SMILES string of the molecule is O=C(c1cccnc1)N1CCC2(CCN2CC2CC2)C1. The summed E-state index contributed by atoms with van der Waals surface area (Å²) in [6, 6.07) is 3.70. The molecule has 0 N–H and O–H groups in total. The van der Waals surface area contributed by atoms with Crippen molar-refractivity contribution in [1.29, 1.82) is 0 Å². The Morgan fingerprint density at radius 3 is 2.85 bits per heavy atom. The number of amides is 1. The van der Waals surface area contributed by atoms with Crippen LogP contribution in [0.3, 0.4) is 0 Å². The van der Waals surface area contributed by atoms with E-state index in [1.165, 1.54) is 32.4 Å². The topological polar surface area (TPSA) is 36.4 Å². The zero-order chi connectivity index (χ0) is 13.6. The van der Waals surface area contributed by atoms with E-state index < -0.39 is 0 Å². The molecule has 1 aromatic rings. The second-order valence-corrected chi connectivity index (χ2v) is 6.58. The van der Waals surface area contributed by atoms with Gasteiger partial charge in [-0.1, -0.05) is 0 Å². The van der Waals surface area contributed by atoms with Crippen LogP contribution in [0.2, 0.25) is 0 Å². The van der Waals surface area contributed by atoms with Crippen LogP contribution in [-0.4, -0.2) is 52.4 Å². The van der Waals surface area contributed by atoms with E-state index in [0.29, 0.717) is 5.54 Å². The molecule has 3 aliphatic rings. The van der Waals surface area contributed by atoms with Crippen LogP contribution in [0.15, 0.2) is 24.5 Å². The Kier molecular flexibility index (Phi) is 2.81. The van der Waals surface area contributed by atoms with Crippen LogP contribution in [0.1, 0.15) is 36.0 Å². The highest BCUT2D eigenvalue weighted by Crippen LogP contribution is 2.42. The molecule has 1 amide bonds. The second kappa shape index (κ2) is 4.55. The van der Waals surface area contributed by atoms with Crippen molar-refractivity contribution in [3.05, 3.63) is 30.1 Å². The van der Waals surface area contributed by atoms with Crippen molar-refractivity contribution in [2.75, 3.05) is 26.2 Å². The van der Waals surface area contributed by atoms with Gasteiger partial charge in [0.25, 0.3) is 5.91 Å². The first kappa shape index (κ1) is 12.3. The van der Waals surface area contributed by atoms with Gasteiger partial charge in [-0.05, 0) is 43.7 Å². The van der Waals surface area contributed by atoms with Gasteiger partial charge in [0.1, 0.15) is 0 Å². The lowest BCUT2D eigenvalue weighted by molar-refractivity contribution is -0.00931. The molecule has 1 aliphatic carbocycles. The molecule has 20 heavy (non-hydrogen) atoms. The van der Waals surface area contributed by atoms with E-state index in [1.807, 2.05) is 17.0 Å². The number of aromatic nitrogens is 1. The van der Waals surface area contributed by atoms with E-state index in [-0.39, 0.29) is 5.91 Å². The van der Waals surface area contributed by atoms with Crippen molar-refractivity contribution in [3.8, 4) is 0 Å². The lowest BCUT2D eigenvalue weighted by Crippen LogP contribution is -2.61. The molecule has 0 bridgehead atoms. The van der Waals surface area contributed by atoms with E-state index in [9.17, 15) is 4.79 Å². The first-order valence-corrected chi connectivity index (χ1v) is 7.71. The Balaban J connectivity index is 1.44. The maximum Gasteiger partial charge on any atom is 0.255 e. The number of carbonyl (C=O) groups is 1. The minimum Gasteiger partial charge on any atom is -0.337 e. The normalized spacial score (nSPS) is 29.7. The van der Waals surface area contributed by atoms with Crippen LogP contribution in [0.25, 0.3) is 0 Å². The molecule has 2 saturated heterocycles. The van der Waals surface area contributed by atoms with Gasteiger partial charge in [-0.3, -0.25) is 14.7 Å². The van der Waals surface area contributed by atoms with Crippen molar-refractivity contribution in [1.82, 2.24) is 14.8 Å². The summed E-state index contributed by atoms with van der Waals surface area (Å²) < 4.78 is 0. The standard InChI is InChI=1S/C16H21N3O/c20-15(14-2-1-7-17-10-14)18-8-5-16(12-18)6-9-19(16)11-13-3-4-13/h1-2,7,10,13H,3-6,8-9,11-12H2. The molecule has 4 nitrogen and oxygen atoms in total. The maximum absolute atomic E-state index is 12.5. The summed E-state index contributed by atoms with van der Waals surface area (Å²) in [6.07, 6.45) is 8.61. The summed E-state index contributed by atoms with van der Waals surface area (Å²) >= 11 is 0. The fourth-order valence-electron chi connectivity index (χ4n) is 3.65. The molecule has 1 aromatic heterocycles. The molecule has 1 unspecified atom stereocenters. The Morgan fingerprint density at radius 1 is 1.35 bits per heavy atom. The van der Waals surface area contributed by atoms with Gasteiger partial charge in [-0.15, -0.1) is 0 Å². The maximum atomic E-state index is 12.5. The molecule has 106 valence electrons. The van der Waals surface area contributed by atoms with Crippen molar-refractivity contribution in [2.24, 2.45) is 5.92 Å². The predicted molar refractivity (Wildman–Crippen MR) is 76.4 cm³/mol. The highest BCUT2D eigenvalue weighted by molar-refractivity contribution is 5.94. The van der Waals surface area contributed by atoms with Crippen molar-refractivity contribution in [2.45, 2.75) is 31.2 Å². The lowest BCUT2D eigenvalue weighted by atomic mass is 9.83. The van der Waals surface area contributed by atoms with Crippen molar-refractivity contribution in [3.63, 3.8) is 0 Å². The van der Waals surface area contributed by atoms with E-state index >= 15 is 0 Å². The van der Waals surface area contributed by atoms with Crippen LogP contribution in [0.4, 0.5) is 0 Å². The number of hydrogen-bond donors (Lipinski definition) is 0. The fraction of sp³-hybridized carbons (Fsp3) is 0.625. The number of hydrogen-bond acceptors (Lipinski definition) is 3. The Bertz CT molecular complexity index is 514. The molecule has 1 saturated carbocycles. The average Bonchev–Trinajstić information content (AvgIpc) is 3.19. The molecular weight excluding hydrogens is 250 g/mol. The van der Waals surface area contributed by atoms with Crippen LogP contribution in [0, 0.1) is 5.92 Å². The summed E-state index contributed by atoms with van der Waals surface area (Å²) in [5.41, 5.74) is 1.03. The van der Waals surface area contributed by atoms with Crippen molar-refractivity contribution < 1.29 is 4.79 Å². The summed E-state index contributed by atoms with van der Waals surface area (Å²) in [5.74, 6) is 1.09. The molecule has 1 spiro atoms. The average molecular weight is 271 g/mol. The van der Waals surface area contributed by atoms with Crippen LogP contribution in [-0.2, 0) is 0 Å². The smallest absolute Gasteiger partial charge is 0.255 e. The van der Waals surface area contributed by atoms with E-state index in [4.69, 9.17) is 0 Å². The minimum atomic E-state index is 0.147. The van der Waals surface area contributed by atoms with Crippen LogP contribution >= 0.6 is 0 Å². The fourth-order valence-corrected chi connectivity index (χ4v) is 3.65. The number of carbonyl (C=O) groups excluding carboxylic acids is 1. The first-order valence-electron chi connectivity index (χ1n) is 7.71. The minimum absolute atomic E-state index is 0.147. The molecule has 3 heterocycles. The summed E-state index contributed by atoms with van der Waals surface area (Å²) in [5, 5.41) is 0. The zero-order valence-electron chi connectivity index (χ0n) is 11.8. The number of rotatable bonds is 3. The van der Waals surface area contributed by atoms with E-state index in [2.05, 4.69) is 9.88 Å². The third-order valence-electron chi connectivity index (χ3n) is 5.22. The highest BCUT2D eigenvalue weighted by Gasteiger charge is 2.51. The second-order valence-electron chi connectivity index (χ2n) is 6.58. The third kappa shape index (κ3) is 2.03. The molecule has 3 fully saturated rings. The van der Waals surface area contributed by atoms with Gasteiger partial charge < -0.3 is 4.90 Å². The largest absolute Gasteiger partial charge is 0.337 e. The predicted octanol–water partition coefficient (Wildman–Crippen LogP) is 1.78. The van der Waals surface area contributed by atoms with Crippen molar-refractivity contribution >= 4 is 5.91 Å². The quantitative estimate of drug-likeness (QED) is 0.841. The van der Waals surface area contributed by atoms with Crippen LogP contribution < -0.4 is 0 Å². The summed E-state index contributed by atoms with van der Waals surface area (Å²) in [7, 11) is 0. The Morgan fingerprint density at radius 2 is 2.20 bits per heavy atom. The molecule has 1 atom stereocenters. The van der Waals surface area contributed by atoms with Crippen LogP contribution in [0.5, 0.6) is 0 Å². The van der Waals surface area contributed by atoms with Gasteiger partial charge in [0, 0.05) is 44.1 Å². The van der Waals surface area contributed by atoms with E-state index in [1.54, 1.807) is 12.4 Å².